The second-order valence-electron chi connectivity index (χ2n) is 3.74. The molecule has 0 aliphatic rings. The maximum absolute atomic E-state index is 6.21. The Balaban J connectivity index is 2.83. The van der Waals surface area contributed by atoms with E-state index in [-0.39, 0.29) is 6.04 Å². The molecular formula is C14H17Cl2N. The summed E-state index contributed by atoms with van der Waals surface area (Å²) in [5.41, 5.74) is 1.09. The van der Waals surface area contributed by atoms with Crippen molar-refractivity contribution in [3.63, 3.8) is 0 Å². The van der Waals surface area contributed by atoms with Crippen LogP contribution in [0.5, 0.6) is 0 Å². The van der Waals surface area contributed by atoms with Gasteiger partial charge in [-0.3, -0.25) is 0 Å². The second-order valence-corrected chi connectivity index (χ2v) is 4.59. The molecule has 0 heterocycles. The van der Waals surface area contributed by atoms with E-state index in [1.807, 2.05) is 19.1 Å². The molecule has 1 unspecified atom stereocenters. The largest absolute Gasteiger partial charge is 0.310 e. The van der Waals surface area contributed by atoms with Crippen molar-refractivity contribution in [1.82, 2.24) is 5.32 Å². The number of nitrogens with one attached hydrogen (secondary N) is 1. The van der Waals surface area contributed by atoms with Gasteiger partial charge in [0.1, 0.15) is 0 Å². The Morgan fingerprint density at radius 2 is 2.12 bits per heavy atom. The minimum absolute atomic E-state index is 0.241. The van der Waals surface area contributed by atoms with E-state index >= 15 is 0 Å². The van der Waals surface area contributed by atoms with Gasteiger partial charge in [-0.2, -0.15) is 0 Å². The number of hydrogen-bond donors (Lipinski definition) is 1. The van der Waals surface area contributed by atoms with Crippen LogP contribution in [0.25, 0.3) is 0 Å². The van der Waals surface area contributed by atoms with Gasteiger partial charge in [0.2, 0.25) is 0 Å². The SMILES string of the molecule is CC#CCCC(NCC)c1ccc(Cl)cc1Cl. The van der Waals surface area contributed by atoms with E-state index in [1.54, 1.807) is 6.07 Å². The van der Waals surface area contributed by atoms with Crippen LogP contribution >= 0.6 is 23.2 Å². The van der Waals surface area contributed by atoms with E-state index in [1.165, 1.54) is 0 Å². The van der Waals surface area contributed by atoms with E-state index in [9.17, 15) is 0 Å². The predicted molar refractivity (Wildman–Crippen MR) is 75.6 cm³/mol. The van der Waals surface area contributed by atoms with E-state index < -0.39 is 0 Å². The van der Waals surface area contributed by atoms with Crippen LogP contribution < -0.4 is 5.32 Å². The van der Waals surface area contributed by atoms with Gasteiger partial charge in [-0.25, -0.2) is 0 Å². The molecule has 3 heteroatoms. The van der Waals surface area contributed by atoms with Crippen molar-refractivity contribution in [3.05, 3.63) is 33.8 Å². The molecule has 0 radical (unpaired) electrons. The zero-order valence-corrected chi connectivity index (χ0v) is 11.7. The Bertz CT molecular complexity index is 418. The number of hydrogen-bond acceptors (Lipinski definition) is 1. The first-order chi connectivity index (χ1) is 8.19. The normalized spacial score (nSPS) is 11.8. The summed E-state index contributed by atoms with van der Waals surface area (Å²) >= 11 is 12.1. The van der Waals surface area contributed by atoms with Gasteiger partial charge in [0, 0.05) is 22.5 Å². The molecule has 1 aromatic carbocycles. The van der Waals surface area contributed by atoms with Gasteiger partial charge >= 0.3 is 0 Å². The average Bonchev–Trinajstić information content (AvgIpc) is 2.28. The van der Waals surface area contributed by atoms with Crippen molar-refractivity contribution in [2.45, 2.75) is 32.7 Å². The minimum Gasteiger partial charge on any atom is -0.310 e. The molecule has 1 aromatic rings. The van der Waals surface area contributed by atoms with Crippen molar-refractivity contribution in [3.8, 4) is 11.8 Å². The molecule has 0 aliphatic carbocycles. The highest BCUT2D eigenvalue weighted by atomic mass is 35.5. The smallest absolute Gasteiger partial charge is 0.0468 e. The molecule has 0 amide bonds. The summed E-state index contributed by atoms with van der Waals surface area (Å²) in [6, 6.07) is 5.88. The summed E-state index contributed by atoms with van der Waals surface area (Å²) in [5, 5.41) is 4.81. The van der Waals surface area contributed by atoms with Gasteiger partial charge in [-0.15, -0.1) is 11.8 Å². The van der Waals surface area contributed by atoms with Crippen molar-refractivity contribution in [2.75, 3.05) is 6.54 Å². The standard InChI is InChI=1S/C14H17Cl2N/c1-3-5-6-7-14(17-4-2)12-9-8-11(15)10-13(12)16/h8-10,14,17H,4,6-7H2,1-2H3. The fourth-order valence-electron chi connectivity index (χ4n) is 1.74. The first-order valence-electron chi connectivity index (χ1n) is 5.77. The van der Waals surface area contributed by atoms with E-state index in [2.05, 4.69) is 24.1 Å². The summed E-state index contributed by atoms with van der Waals surface area (Å²) in [7, 11) is 0. The van der Waals surface area contributed by atoms with Crippen LogP contribution in [0.3, 0.4) is 0 Å². The lowest BCUT2D eigenvalue weighted by Crippen LogP contribution is -2.21. The molecule has 0 spiro atoms. The summed E-state index contributed by atoms with van der Waals surface area (Å²) < 4.78 is 0. The van der Waals surface area contributed by atoms with Gasteiger partial charge in [0.25, 0.3) is 0 Å². The Hall–Kier alpha value is -0.680. The lowest BCUT2D eigenvalue weighted by atomic mass is 10.0. The van der Waals surface area contributed by atoms with Crippen molar-refractivity contribution in [1.29, 1.82) is 0 Å². The molecule has 1 atom stereocenters. The summed E-state index contributed by atoms with van der Waals surface area (Å²) in [6.07, 6.45) is 1.82. The fraction of sp³-hybridized carbons (Fsp3) is 0.429. The third-order valence-electron chi connectivity index (χ3n) is 2.52. The maximum atomic E-state index is 6.21. The number of rotatable bonds is 5. The monoisotopic (exact) mass is 269 g/mol. The average molecular weight is 270 g/mol. The van der Waals surface area contributed by atoms with E-state index in [0.717, 1.165) is 24.9 Å². The highest BCUT2D eigenvalue weighted by molar-refractivity contribution is 6.35. The topological polar surface area (TPSA) is 12.0 Å². The third kappa shape index (κ3) is 4.60. The molecule has 1 nitrogen and oxygen atoms in total. The Morgan fingerprint density at radius 3 is 2.71 bits per heavy atom. The van der Waals surface area contributed by atoms with Gasteiger partial charge in [-0.1, -0.05) is 36.2 Å². The summed E-state index contributed by atoms with van der Waals surface area (Å²) in [6.45, 7) is 4.85. The van der Waals surface area contributed by atoms with Crippen LogP contribution in [0.1, 0.15) is 38.3 Å². The molecule has 1 rings (SSSR count). The molecule has 92 valence electrons. The lowest BCUT2D eigenvalue weighted by Gasteiger charge is -2.18. The van der Waals surface area contributed by atoms with Crippen molar-refractivity contribution < 1.29 is 0 Å². The molecule has 0 saturated heterocycles. The molecule has 0 aliphatic heterocycles. The zero-order chi connectivity index (χ0) is 12.7. The molecule has 1 N–H and O–H groups in total. The van der Waals surface area contributed by atoms with Crippen LogP contribution in [0.15, 0.2) is 18.2 Å². The molecule has 0 aromatic heterocycles. The van der Waals surface area contributed by atoms with Crippen molar-refractivity contribution in [2.24, 2.45) is 0 Å². The maximum Gasteiger partial charge on any atom is 0.0468 e. The predicted octanol–water partition coefficient (Wildman–Crippen LogP) is 4.45. The zero-order valence-electron chi connectivity index (χ0n) is 10.2. The number of benzene rings is 1. The Labute approximate surface area is 114 Å². The quantitative estimate of drug-likeness (QED) is 0.779. The Morgan fingerprint density at radius 1 is 1.35 bits per heavy atom. The molecule has 0 fully saturated rings. The second kappa shape index (κ2) is 7.61. The highest BCUT2D eigenvalue weighted by Crippen LogP contribution is 2.28. The highest BCUT2D eigenvalue weighted by Gasteiger charge is 2.13. The molecular weight excluding hydrogens is 253 g/mol. The van der Waals surface area contributed by atoms with Crippen LogP contribution in [0, 0.1) is 11.8 Å². The van der Waals surface area contributed by atoms with Crippen LogP contribution in [-0.4, -0.2) is 6.54 Å². The minimum atomic E-state index is 0.241. The first kappa shape index (κ1) is 14.4. The van der Waals surface area contributed by atoms with Crippen LogP contribution in [0.4, 0.5) is 0 Å². The van der Waals surface area contributed by atoms with Gasteiger partial charge < -0.3 is 5.32 Å². The summed E-state index contributed by atoms with van der Waals surface area (Å²) in [4.78, 5) is 0. The fourth-order valence-corrected chi connectivity index (χ4v) is 2.28. The molecule has 0 bridgehead atoms. The summed E-state index contributed by atoms with van der Waals surface area (Å²) in [5.74, 6) is 5.99. The van der Waals surface area contributed by atoms with Crippen LogP contribution in [0.2, 0.25) is 10.0 Å². The van der Waals surface area contributed by atoms with E-state index in [4.69, 9.17) is 23.2 Å². The third-order valence-corrected chi connectivity index (χ3v) is 3.09. The molecule has 17 heavy (non-hydrogen) atoms. The van der Waals surface area contributed by atoms with Gasteiger partial charge in [0.05, 0.1) is 0 Å². The lowest BCUT2D eigenvalue weighted by molar-refractivity contribution is 0.523. The molecule has 0 saturated carbocycles. The number of halogens is 2. The van der Waals surface area contributed by atoms with E-state index in [0.29, 0.717) is 10.0 Å². The first-order valence-corrected chi connectivity index (χ1v) is 6.52. The Kier molecular flexibility index (Phi) is 6.44. The van der Waals surface area contributed by atoms with Crippen LogP contribution in [-0.2, 0) is 0 Å². The van der Waals surface area contributed by atoms with Gasteiger partial charge in [0.15, 0.2) is 0 Å². The van der Waals surface area contributed by atoms with Gasteiger partial charge in [-0.05, 0) is 37.6 Å². The van der Waals surface area contributed by atoms with Crippen molar-refractivity contribution >= 4 is 23.2 Å².